The SMILES string of the molecule is CC1OCCC1(C)NC1(CC(=O)O)CN(C(=O)OC(C)(C)C)C1. The second kappa shape index (κ2) is 5.94. The quantitative estimate of drug-likeness (QED) is 0.815. The molecule has 23 heavy (non-hydrogen) atoms. The van der Waals surface area contributed by atoms with Crippen molar-refractivity contribution in [2.24, 2.45) is 0 Å². The molecule has 7 heteroatoms. The normalized spacial score (nSPS) is 30.0. The number of amides is 1. The minimum atomic E-state index is -0.878. The number of rotatable bonds is 4. The third-order valence-corrected chi connectivity index (χ3v) is 4.57. The van der Waals surface area contributed by atoms with Crippen molar-refractivity contribution in [2.75, 3.05) is 19.7 Å². The molecule has 1 amide bonds. The lowest BCUT2D eigenvalue weighted by molar-refractivity contribution is -0.141. The zero-order valence-electron chi connectivity index (χ0n) is 14.6. The van der Waals surface area contributed by atoms with Crippen molar-refractivity contribution in [3.05, 3.63) is 0 Å². The number of likely N-dealkylation sites (tertiary alicyclic amines) is 1. The molecule has 2 saturated heterocycles. The van der Waals surface area contributed by atoms with Gasteiger partial charge in [0.25, 0.3) is 0 Å². The zero-order chi connectivity index (χ0) is 17.5. The van der Waals surface area contributed by atoms with E-state index in [4.69, 9.17) is 9.47 Å². The van der Waals surface area contributed by atoms with Crippen molar-refractivity contribution in [3.8, 4) is 0 Å². The summed E-state index contributed by atoms with van der Waals surface area (Å²) in [5.74, 6) is -0.878. The van der Waals surface area contributed by atoms with Gasteiger partial charge in [-0.2, -0.15) is 0 Å². The number of nitrogens with zero attached hydrogens (tertiary/aromatic N) is 1. The van der Waals surface area contributed by atoms with Gasteiger partial charge in [0.1, 0.15) is 5.60 Å². The van der Waals surface area contributed by atoms with E-state index >= 15 is 0 Å². The molecule has 2 heterocycles. The molecule has 0 spiro atoms. The average molecular weight is 328 g/mol. The van der Waals surface area contributed by atoms with Gasteiger partial charge in [-0.15, -0.1) is 0 Å². The van der Waals surface area contributed by atoms with Gasteiger partial charge in [-0.25, -0.2) is 4.79 Å². The minimum absolute atomic E-state index is 0.00347. The van der Waals surface area contributed by atoms with E-state index in [2.05, 4.69) is 5.32 Å². The van der Waals surface area contributed by atoms with Crippen LogP contribution in [0.3, 0.4) is 0 Å². The van der Waals surface area contributed by atoms with Crippen LogP contribution in [-0.2, 0) is 14.3 Å². The van der Waals surface area contributed by atoms with Gasteiger partial charge in [-0.1, -0.05) is 0 Å². The Morgan fingerprint density at radius 3 is 2.43 bits per heavy atom. The van der Waals surface area contributed by atoms with Crippen molar-refractivity contribution < 1.29 is 24.2 Å². The Kier molecular flexibility index (Phi) is 4.65. The third kappa shape index (κ3) is 4.14. The molecule has 2 rings (SSSR count). The van der Waals surface area contributed by atoms with Gasteiger partial charge in [-0.3, -0.25) is 10.1 Å². The lowest BCUT2D eigenvalue weighted by atomic mass is 9.81. The molecule has 2 fully saturated rings. The van der Waals surface area contributed by atoms with E-state index < -0.39 is 23.2 Å². The summed E-state index contributed by atoms with van der Waals surface area (Å²) in [6.45, 7) is 10.8. The van der Waals surface area contributed by atoms with E-state index in [0.717, 1.165) is 6.42 Å². The highest BCUT2D eigenvalue weighted by Crippen LogP contribution is 2.34. The van der Waals surface area contributed by atoms with Gasteiger partial charge >= 0.3 is 12.1 Å². The topological polar surface area (TPSA) is 88.1 Å². The van der Waals surface area contributed by atoms with Gasteiger partial charge in [0.05, 0.1) is 18.1 Å². The average Bonchev–Trinajstić information content (AvgIpc) is 2.62. The van der Waals surface area contributed by atoms with Crippen LogP contribution in [-0.4, -0.2) is 64.5 Å². The zero-order valence-corrected chi connectivity index (χ0v) is 14.6. The van der Waals surface area contributed by atoms with Gasteiger partial charge in [0.2, 0.25) is 0 Å². The summed E-state index contributed by atoms with van der Waals surface area (Å²) in [5.41, 5.74) is -1.47. The number of nitrogens with one attached hydrogen (secondary N) is 1. The number of aliphatic carboxylic acids is 1. The summed E-state index contributed by atoms with van der Waals surface area (Å²) in [4.78, 5) is 24.9. The fourth-order valence-corrected chi connectivity index (χ4v) is 3.27. The van der Waals surface area contributed by atoms with Crippen LogP contribution in [0.4, 0.5) is 4.79 Å². The lowest BCUT2D eigenvalue weighted by Crippen LogP contribution is -2.75. The molecule has 0 aromatic rings. The molecule has 2 aliphatic rings. The molecular weight excluding hydrogens is 300 g/mol. The first kappa shape index (κ1) is 18.0. The Balaban J connectivity index is 2.03. The minimum Gasteiger partial charge on any atom is -0.481 e. The van der Waals surface area contributed by atoms with E-state index in [1.54, 1.807) is 4.90 Å². The molecule has 0 aromatic carbocycles. The first-order valence-corrected chi connectivity index (χ1v) is 8.05. The predicted octanol–water partition coefficient (Wildman–Crippen LogP) is 1.61. The predicted molar refractivity (Wildman–Crippen MR) is 84.4 cm³/mol. The number of carbonyl (C=O) groups excluding carboxylic acids is 1. The number of ether oxygens (including phenoxy) is 2. The molecule has 0 bridgehead atoms. The molecule has 0 aliphatic carbocycles. The van der Waals surface area contributed by atoms with Gasteiger partial charge in [0, 0.05) is 25.2 Å². The Morgan fingerprint density at radius 1 is 1.39 bits per heavy atom. The van der Waals surface area contributed by atoms with Crippen LogP contribution in [0.15, 0.2) is 0 Å². The van der Waals surface area contributed by atoms with Gasteiger partial charge < -0.3 is 19.5 Å². The van der Waals surface area contributed by atoms with Gasteiger partial charge in [0.15, 0.2) is 0 Å². The molecule has 7 nitrogen and oxygen atoms in total. The highest BCUT2D eigenvalue weighted by molar-refractivity contribution is 5.73. The van der Waals surface area contributed by atoms with Crippen LogP contribution in [0.2, 0.25) is 0 Å². The second-order valence-electron chi connectivity index (χ2n) is 7.99. The fourth-order valence-electron chi connectivity index (χ4n) is 3.27. The number of hydrogen-bond donors (Lipinski definition) is 2. The van der Waals surface area contributed by atoms with Crippen LogP contribution in [0.5, 0.6) is 0 Å². The Hall–Kier alpha value is -1.34. The van der Waals surface area contributed by atoms with E-state index in [1.165, 1.54) is 0 Å². The first-order chi connectivity index (χ1) is 10.4. The first-order valence-electron chi connectivity index (χ1n) is 8.05. The van der Waals surface area contributed by atoms with Crippen molar-refractivity contribution in [3.63, 3.8) is 0 Å². The van der Waals surface area contributed by atoms with E-state index in [9.17, 15) is 14.7 Å². The summed E-state index contributed by atoms with van der Waals surface area (Å²) < 4.78 is 11.0. The van der Waals surface area contributed by atoms with Crippen molar-refractivity contribution in [1.29, 1.82) is 0 Å². The van der Waals surface area contributed by atoms with E-state index in [0.29, 0.717) is 19.7 Å². The van der Waals surface area contributed by atoms with Crippen LogP contribution in [0.1, 0.15) is 47.5 Å². The highest BCUT2D eigenvalue weighted by atomic mass is 16.6. The number of carboxylic acids is 1. The van der Waals surface area contributed by atoms with Crippen LogP contribution in [0.25, 0.3) is 0 Å². The highest BCUT2D eigenvalue weighted by Gasteiger charge is 2.52. The van der Waals surface area contributed by atoms with Crippen molar-refractivity contribution in [2.45, 2.75) is 70.2 Å². The Morgan fingerprint density at radius 2 is 2.00 bits per heavy atom. The van der Waals surface area contributed by atoms with E-state index in [1.807, 2.05) is 34.6 Å². The number of carbonyl (C=O) groups is 2. The molecule has 0 radical (unpaired) electrons. The molecule has 2 atom stereocenters. The standard InChI is InChI=1S/C16H28N2O5/c1-11-15(5,6-7-22-11)17-16(8-12(19)20)9-18(10-16)13(21)23-14(2,3)4/h11,17H,6-10H2,1-5H3,(H,19,20). The van der Waals surface area contributed by atoms with Crippen LogP contribution < -0.4 is 5.32 Å². The largest absolute Gasteiger partial charge is 0.481 e. The summed E-state index contributed by atoms with van der Waals surface area (Å²) in [6.07, 6.45) is 0.390. The Bertz CT molecular complexity index is 481. The summed E-state index contributed by atoms with van der Waals surface area (Å²) >= 11 is 0. The Labute approximate surface area is 137 Å². The summed E-state index contributed by atoms with van der Waals surface area (Å²) in [5, 5.41) is 12.7. The van der Waals surface area contributed by atoms with Crippen molar-refractivity contribution >= 4 is 12.1 Å². The van der Waals surface area contributed by atoms with Crippen LogP contribution in [0, 0.1) is 0 Å². The molecule has 2 unspecified atom stereocenters. The third-order valence-electron chi connectivity index (χ3n) is 4.57. The molecule has 0 saturated carbocycles. The maximum Gasteiger partial charge on any atom is 0.410 e. The van der Waals surface area contributed by atoms with Crippen molar-refractivity contribution in [1.82, 2.24) is 10.2 Å². The summed E-state index contributed by atoms with van der Waals surface area (Å²) in [7, 11) is 0. The smallest absolute Gasteiger partial charge is 0.410 e. The van der Waals surface area contributed by atoms with Crippen LogP contribution >= 0.6 is 0 Å². The molecule has 0 aromatic heterocycles. The number of hydrogen-bond acceptors (Lipinski definition) is 5. The summed E-state index contributed by atoms with van der Waals surface area (Å²) in [6, 6.07) is 0. The molecule has 2 N–H and O–H groups in total. The van der Waals surface area contributed by atoms with Gasteiger partial charge in [-0.05, 0) is 41.0 Å². The monoisotopic (exact) mass is 328 g/mol. The molecular formula is C16H28N2O5. The molecule has 2 aliphatic heterocycles. The second-order valence-corrected chi connectivity index (χ2v) is 7.99. The van der Waals surface area contributed by atoms with E-state index in [-0.39, 0.29) is 18.1 Å². The number of carboxylic acid groups (broad SMARTS) is 1. The maximum atomic E-state index is 12.1. The lowest BCUT2D eigenvalue weighted by Gasteiger charge is -2.53. The fraction of sp³-hybridized carbons (Fsp3) is 0.875. The maximum absolute atomic E-state index is 12.1. The molecule has 132 valence electrons.